The number of thioether (sulfide) groups is 1. The molecule has 0 aromatic heterocycles. The molecule has 0 aromatic rings. The summed E-state index contributed by atoms with van der Waals surface area (Å²) in [6.45, 7) is 1.67. The largest absolute Gasteiger partial charge is 0.361 e. The molecule has 0 saturated carbocycles. The van der Waals surface area contributed by atoms with Gasteiger partial charge in [0.15, 0.2) is 0 Å². The fraction of sp³-hybridized carbons (Fsp3) is 0.750. The van der Waals surface area contributed by atoms with Crippen molar-refractivity contribution in [1.29, 1.82) is 0 Å². The van der Waals surface area contributed by atoms with Gasteiger partial charge in [-0.15, -0.1) is 0 Å². The normalized spacial score (nSPS) is 23.8. The highest BCUT2D eigenvalue weighted by atomic mass is 32.2. The average Bonchev–Trinajstić information content (AvgIpc) is 2.67. The van der Waals surface area contributed by atoms with Gasteiger partial charge in [0.1, 0.15) is 6.67 Å². The summed E-state index contributed by atoms with van der Waals surface area (Å²) < 4.78 is 27.2. The molecule has 86 valence electrons. The van der Waals surface area contributed by atoms with E-state index in [0.717, 1.165) is 11.5 Å². The van der Waals surface area contributed by atoms with E-state index in [-0.39, 0.29) is 0 Å². The van der Waals surface area contributed by atoms with Crippen molar-refractivity contribution in [2.45, 2.75) is 0 Å². The molecule has 7 heteroatoms. The second-order valence-electron chi connectivity index (χ2n) is 3.60. The van der Waals surface area contributed by atoms with Crippen molar-refractivity contribution in [3.63, 3.8) is 0 Å². The highest BCUT2D eigenvalue weighted by Crippen LogP contribution is 2.18. The van der Waals surface area contributed by atoms with Crippen molar-refractivity contribution in [3.05, 3.63) is 12.4 Å². The predicted octanol–water partition coefficient (Wildman–Crippen LogP) is -0.0439. The molecule has 0 aromatic carbocycles. The summed E-state index contributed by atoms with van der Waals surface area (Å²) in [7, 11) is -1.41. The highest BCUT2D eigenvalue weighted by molar-refractivity contribution is 7.99. The van der Waals surface area contributed by atoms with Crippen molar-refractivity contribution >= 4 is 22.0 Å². The number of rotatable bonds is 2. The predicted molar refractivity (Wildman–Crippen MR) is 61.4 cm³/mol. The summed E-state index contributed by atoms with van der Waals surface area (Å²) in [6, 6.07) is 0. The van der Waals surface area contributed by atoms with Crippen LogP contribution < -0.4 is 0 Å². The van der Waals surface area contributed by atoms with Gasteiger partial charge in [-0.1, -0.05) is 0 Å². The van der Waals surface area contributed by atoms with Crippen LogP contribution in [-0.4, -0.2) is 60.2 Å². The van der Waals surface area contributed by atoms with E-state index < -0.39 is 10.2 Å². The minimum absolute atomic E-state index is 0.423. The topological polar surface area (TPSA) is 43.9 Å². The molecule has 1 fully saturated rings. The van der Waals surface area contributed by atoms with Gasteiger partial charge in [0.2, 0.25) is 0 Å². The van der Waals surface area contributed by atoms with Crippen LogP contribution >= 0.6 is 11.8 Å². The van der Waals surface area contributed by atoms with E-state index in [2.05, 4.69) is 0 Å². The van der Waals surface area contributed by atoms with E-state index in [1.165, 1.54) is 4.31 Å². The first-order chi connectivity index (χ1) is 7.10. The molecule has 2 aliphatic rings. The second-order valence-corrected chi connectivity index (χ2v) is 6.71. The summed E-state index contributed by atoms with van der Waals surface area (Å²) in [5.41, 5.74) is 0. The lowest BCUT2D eigenvalue weighted by Crippen LogP contribution is -2.45. The van der Waals surface area contributed by atoms with E-state index in [9.17, 15) is 8.42 Å². The maximum Gasteiger partial charge on any atom is 0.305 e. The molecular formula is C8H15N3O2S2. The van der Waals surface area contributed by atoms with Gasteiger partial charge in [-0.05, 0) is 0 Å². The third kappa shape index (κ3) is 2.24. The second kappa shape index (κ2) is 4.23. The van der Waals surface area contributed by atoms with Crippen LogP contribution in [0.3, 0.4) is 0 Å². The molecule has 0 amide bonds. The van der Waals surface area contributed by atoms with Gasteiger partial charge in [-0.3, -0.25) is 0 Å². The zero-order valence-electron chi connectivity index (χ0n) is 8.66. The highest BCUT2D eigenvalue weighted by Gasteiger charge is 2.30. The quantitative estimate of drug-likeness (QED) is 0.688. The Hall–Kier alpha value is -0.400. The first-order valence-corrected chi connectivity index (χ1v) is 7.39. The fourth-order valence-electron chi connectivity index (χ4n) is 1.58. The fourth-order valence-corrected chi connectivity index (χ4v) is 4.19. The van der Waals surface area contributed by atoms with Crippen LogP contribution in [-0.2, 0) is 10.2 Å². The van der Waals surface area contributed by atoms with Crippen LogP contribution in [0.2, 0.25) is 0 Å². The molecule has 2 aliphatic heterocycles. The van der Waals surface area contributed by atoms with Crippen LogP contribution in [0.15, 0.2) is 12.4 Å². The molecule has 1 saturated heterocycles. The number of hydrogen-bond acceptors (Lipinski definition) is 4. The van der Waals surface area contributed by atoms with Gasteiger partial charge in [0.05, 0.1) is 0 Å². The Morgan fingerprint density at radius 3 is 2.40 bits per heavy atom. The molecule has 0 radical (unpaired) electrons. The Bertz CT molecular complexity index is 349. The van der Waals surface area contributed by atoms with Crippen molar-refractivity contribution in [3.8, 4) is 0 Å². The van der Waals surface area contributed by atoms with E-state index in [4.69, 9.17) is 0 Å². The summed E-state index contributed by atoms with van der Waals surface area (Å²) in [5, 5.41) is 0. The van der Waals surface area contributed by atoms with Gasteiger partial charge < -0.3 is 4.90 Å². The molecule has 15 heavy (non-hydrogen) atoms. The Balaban J connectivity index is 2.09. The van der Waals surface area contributed by atoms with Crippen LogP contribution in [0.25, 0.3) is 0 Å². The molecular weight excluding hydrogens is 234 g/mol. The van der Waals surface area contributed by atoms with E-state index in [0.29, 0.717) is 19.8 Å². The summed E-state index contributed by atoms with van der Waals surface area (Å²) in [6.07, 6.45) is 3.40. The minimum atomic E-state index is -3.27. The Labute approximate surface area is 94.9 Å². The third-order valence-electron chi connectivity index (χ3n) is 2.44. The van der Waals surface area contributed by atoms with E-state index in [1.54, 1.807) is 28.5 Å². The maximum absolute atomic E-state index is 12.1. The van der Waals surface area contributed by atoms with Gasteiger partial charge in [0, 0.05) is 44.0 Å². The number of nitrogens with zero attached hydrogens (tertiary/aromatic N) is 3. The van der Waals surface area contributed by atoms with Crippen LogP contribution in [0.1, 0.15) is 0 Å². The van der Waals surface area contributed by atoms with Crippen molar-refractivity contribution in [2.24, 2.45) is 0 Å². The SMILES string of the molecule is CN1C=CN(S(=O)(=O)N2CCSCC2)C1. The van der Waals surface area contributed by atoms with Crippen LogP contribution in [0.4, 0.5) is 0 Å². The van der Waals surface area contributed by atoms with Gasteiger partial charge >= 0.3 is 10.2 Å². The zero-order valence-corrected chi connectivity index (χ0v) is 10.3. The monoisotopic (exact) mass is 249 g/mol. The Morgan fingerprint density at radius 2 is 1.87 bits per heavy atom. The van der Waals surface area contributed by atoms with E-state index >= 15 is 0 Å². The molecule has 2 rings (SSSR count). The molecule has 0 aliphatic carbocycles. The minimum Gasteiger partial charge on any atom is -0.361 e. The maximum atomic E-state index is 12.1. The summed E-state index contributed by atoms with van der Waals surface area (Å²) in [5.74, 6) is 1.79. The van der Waals surface area contributed by atoms with E-state index in [1.807, 2.05) is 11.9 Å². The lowest BCUT2D eigenvalue weighted by Gasteiger charge is -2.30. The smallest absolute Gasteiger partial charge is 0.305 e. The lowest BCUT2D eigenvalue weighted by atomic mass is 10.6. The first-order valence-electron chi connectivity index (χ1n) is 4.84. The zero-order chi connectivity index (χ0) is 10.9. The summed E-state index contributed by atoms with van der Waals surface area (Å²) >= 11 is 1.80. The Kier molecular flexibility index (Phi) is 3.13. The molecule has 0 bridgehead atoms. The Morgan fingerprint density at radius 1 is 1.20 bits per heavy atom. The van der Waals surface area contributed by atoms with Crippen molar-refractivity contribution in [2.75, 3.05) is 38.3 Å². The van der Waals surface area contributed by atoms with Gasteiger partial charge in [-0.2, -0.15) is 24.5 Å². The lowest BCUT2D eigenvalue weighted by molar-refractivity contribution is 0.347. The molecule has 0 spiro atoms. The number of hydrogen-bond donors (Lipinski definition) is 0. The molecule has 5 nitrogen and oxygen atoms in total. The molecule has 0 N–H and O–H groups in total. The first kappa shape index (κ1) is 11.1. The average molecular weight is 249 g/mol. The van der Waals surface area contributed by atoms with Crippen molar-refractivity contribution in [1.82, 2.24) is 13.5 Å². The van der Waals surface area contributed by atoms with Gasteiger partial charge in [0.25, 0.3) is 0 Å². The molecule has 0 atom stereocenters. The molecule has 0 unspecified atom stereocenters. The third-order valence-corrected chi connectivity index (χ3v) is 5.23. The van der Waals surface area contributed by atoms with Crippen LogP contribution in [0.5, 0.6) is 0 Å². The molecule has 2 heterocycles. The standard InChI is InChI=1S/C8H15N3O2S2/c1-9-2-3-11(8-9)15(12,13)10-4-6-14-7-5-10/h2-3H,4-8H2,1H3. The summed E-state index contributed by atoms with van der Waals surface area (Å²) in [4.78, 5) is 1.84. The van der Waals surface area contributed by atoms with Crippen molar-refractivity contribution < 1.29 is 8.42 Å². The van der Waals surface area contributed by atoms with Gasteiger partial charge in [-0.25, -0.2) is 4.31 Å². The van der Waals surface area contributed by atoms with Crippen LogP contribution in [0, 0.1) is 0 Å².